The lowest BCUT2D eigenvalue weighted by atomic mass is 10.1. The van der Waals surface area contributed by atoms with Crippen LogP contribution in [0.5, 0.6) is 0 Å². The first-order valence-corrected chi connectivity index (χ1v) is 7.54. The van der Waals surface area contributed by atoms with E-state index in [1.807, 2.05) is 43.3 Å². The van der Waals surface area contributed by atoms with E-state index in [2.05, 4.69) is 5.32 Å². The fraction of sp³-hybridized carbons (Fsp3) is 0.500. The highest BCUT2D eigenvalue weighted by Gasteiger charge is 2.40. The number of benzene rings is 1. The third-order valence-electron chi connectivity index (χ3n) is 3.85. The van der Waals surface area contributed by atoms with E-state index in [0.717, 1.165) is 11.3 Å². The molecule has 0 aromatic heterocycles. The van der Waals surface area contributed by atoms with Crippen molar-refractivity contribution in [2.24, 2.45) is 5.92 Å². The Hall–Kier alpha value is -2.25. The number of nitrogens with zero attached hydrogens (tertiary/aromatic N) is 2. The second kappa shape index (κ2) is 7.11. The SMILES string of the molecule is CN(C)c1cccc(CNC(=O)[C@H]2CC(=O)N(CC(F)(F)F)C2)c1. The highest BCUT2D eigenvalue weighted by molar-refractivity contribution is 5.89. The van der Waals surface area contributed by atoms with Gasteiger partial charge < -0.3 is 15.1 Å². The van der Waals surface area contributed by atoms with E-state index in [4.69, 9.17) is 0 Å². The summed E-state index contributed by atoms with van der Waals surface area (Å²) in [7, 11) is 3.80. The van der Waals surface area contributed by atoms with E-state index in [-0.39, 0.29) is 19.5 Å². The van der Waals surface area contributed by atoms with Crippen LogP contribution in [0.2, 0.25) is 0 Å². The maximum absolute atomic E-state index is 12.4. The number of amides is 2. The van der Waals surface area contributed by atoms with Gasteiger partial charge in [0.15, 0.2) is 0 Å². The highest BCUT2D eigenvalue weighted by Crippen LogP contribution is 2.24. The van der Waals surface area contributed by atoms with E-state index < -0.39 is 30.5 Å². The largest absolute Gasteiger partial charge is 0.406 e. The number of anilines is 1. The molecule has 1 aromatic rings. The predicted octanol–water partition coefficient (Wildman–Crippen LogP) is 1.78. The van der Waals surface area contributed by atoms with Gasteiger partial charge in [0.05, 0.1) is 5.92 Å². The maximum Gasteiger partial charge on any atom is 0.406 e. The average molecular weight is 343 g/mol. The third kappa shape index (κ3) is 4.87. The van der Waals surface area contributed by atoms with E-state index >= 15 is 0 Å². The van der Waals surface area contributed by atoms with Gasteiger partial charge >= 0.3 is 6.18 Å². The summed E-state index contributed by atoms with van der Waals surface area (Å²) >= 11 is 0. The fourth-order valence-electron chi connectivity index (χ4n) is 2.60. The Morgan fingerprint density at radius 1 is 1.38 bits per heavy atom. The molecule has 1 fully saturated rings. The zero-order valence-electron chi connectivity index (χ0n) is 13.6. The molecule has 1 atom stereocenters. The predicted molar refractivity (Wildman–Crippen MR) is 83.4 cm³/mol. The molecule has 1 heterocycles. The van der Waals surface area contributed by atoms with Crippen LogP contribution in [0.1, 0.15) is 12.0 Å². The summed E-state index contributed by atoms with van der Waals surface area (Å²) in [6, 6.07) is 7.55. The molecule has 8 heteroatoms. The molecule has 0 spiro atoms. The lowest BCUT2D eigenvalue weighted by Gasteiger charge is -2.18. The normalized spacial score (nSPS) is 18.0. The van der Waals surface area contributed by atoms with Crippen LogP contribution in [-0.4, -0.2) is 50.1 Å². The van der Waals surface area contributed by atoms with Crippen LogP contribution in [-0.2, 0) is 16.1 Å². The molecule has 1 saturated heterocycles. The van der Waals surface area contributed by atoms with E-state index in [0.29, 0.717) is 4.90 Å². The molecule has 0 saturated carbocycles. The molecule has 2 amide bonds. The highest BCUT2D eigenvalue weighted by atomic mass is 19.4. The van der Waals surface area contributed by atoms with Crippen LogP contribution < -0.4 is 10.2 Å². The monoisotopic (exact) mass is 343 g/mol. The number of alkyl halides is 3. The molecule has 1 N–H and O–H groups in total. The molecule has 24 heavy (non-hydrogen) atoms. The molecule has 5 nitrogen and oxygen atoms in total. The van der Waals surface area contributed by atoms with Crippen molar-refractivity contribution in [3.05, 3.63) is 29.8 Å². The number of carbonyl (C=O) groups excluding carboxylic acids is 2. The first kappa shape index (κ1) is 18.1. The minimum absolute atomic E-state index is 0.181. The summed E-state index contributed by atoms with van der Waals surface area (Å²) in [5.41, 5.74) is 1.86. The van der Waals surface area contributed by atoms with Gasteiger partial charge in [-0.1, -0.05) is 12.1 Å². The standard InChI is InChI=1S/C16H20F3N3O2/c1-21(2)13-5-3-4-11(6-13)8-20-15(24)12-7-14(23)22(9-12)10-16(17,18)19/h3-6,12H,7-10H2,1-2H3,(H,20,24)/t12-/m0/s1. The van der Waals surface area contributed by atoms with E-state index in [1.54, 1.807) is 0 Å². The van der Waals surface area contributed by atoms with Gasteiger partial charge in [-0.15, -0.1) is 0 Å². The van der Waals surface area contributed by atoms with Crippen LogP contribution in [0.15, 0.2) is 24.3 Å². The molecule has 0 aliphatic carbocycles. The van der Waals surface area contributed by atoms with Gasteiger partial charge in [0, 0.05) is 39.3 Å². The van der Waals surface area contributed by atoms with Crippen molar-refractivity contribution in [2.75, 3.05) is 32.1 Å². The molecule has 1 aliphatic rings. The van der Waals surface area contributed by atoms with Crippen LogP contribution in [0.25, 0.3) is 0 Å². The van der Waals surface area contributed by atoms with Crippen LogP contribution in [0.4, 0.5) is 18.9 Å². The van der Waals surface area contributed by atoms with Crippen LogP contribution >= 0.6 is 0 Å². The molecule has 132 valence electrons. The molecule has 0 unspecified atom stereocenters. The third-order valence-corrected chi connectivity index (χ3v) is 3.85. The number of halogens is 3. The van der Waals surface area contributed by atoms with Crippen molar-refractivity contribution in [1.82, 2.24) is 10.2 Å². The number of hydrogen-bond acceptors (Lipinski definition) is 3. The van der Waals surface area contributed by atoms with Crippen molar-refractivity contribution in [2.45, 2.75) is 19.1 Å². The average Bonchev–Trinajstić information content (AvgIpc) is 2.84. The maximum atomic E-state index is 12.4. The lowest BCUT2D eigenvalue weighted by molar-refractivity contribution is -0.157. The second-order valence-corrected chi connectivity index (χ2v) is 6.07. The lowest BCUT2D eigenvalue weighted by Crippen LogP contribution is -2.37. The fourth-order valence-corrected chi connectivity index (χ4v) is 2.60. The van der Waals surface area contributed by atoms with Crippen molar-refractivity contribution < 1.29 is 22.8 Å². The summed E-state index contributed by atoms with van der Waals surface area (Å²) in [4.78, 5) is 26.3. The van der Waals surface area contributed by atoms with Crippen LogP contribution in [0, 0.1) is 5.92 Å². The molecular formula is C16H20F3N3O2. The van der Waals surface area contributed by atoms with E-state index in [1.165, 1.54) is 0 Å². The smallest absolute Gasteiger partial charge is 0.378 e. The minimum atomic E-state index is -4.45. The number of rotatable bonds is 5. The quantitative estimate of drug-likeness (QED) is 0.887. The molecule has 0 radical (unpaired) electrons. The van der Waals surface area contributed by atoms with Gasteiger partial charge in [-0.25, -0.2) is 0 Å². The Morgan fingerprint density at radius 3 is 2.71 bits per heavy atom. The Morgan fingerprint density at radius 2 is 2.08 bits per heavy atom. The minimum Gasteiger partial charge on any atom is -0.378 e. The summed E-state index contributed by atoms with van der Waals surface area (Å²) in [5.74, 6) is -1.78. The van der Waals surface area contributed by atoms with Gasteiger partial charge in [-0.05, 0) is 17.7 Å². The molecule has 0 bridgehead atoms. The molecule has 1 aliphatic heterocycles. The summed E-state index contributed by atoms with van der Waals surface area (Å²) in [6.45, 7) is -1.23. The van der Waals surface area contributed by atoms with Crippen molar-refractivity contribution in [1.29, 1.82) is 0 Å². The van der Waals surface area contributed by atoms with Crippen LogP contribution in [0.3, 0.4) is 0 Å². The van der Waals surface area contributed by atoms with Gasteiger partial charge in [-0.3, -0.25) is 9.59 Å². The zero-order chi connectivity index (χ0) is 17.9. The number of hydrogen-bond donors (Lipinski definition) is 1. The van der Waals surface area contributed by atoms with Gasteiger partial charge in [0.1, 0.15) is 6.54 Å². The molecular weight excluding hydrogens is 323 g/mol. The second-order valence-electron chi connectivity index (χ2n) is 6.07. The number of carbonyl (C=O) groups is 2. The van der Waals surface area contributed by atoms with Gasteiger partial charge in [-0.2, -0.15) is 13.2 Å². The van der Waals surface area contributed by atoms with E-state index in [9.17, 15) is 22.8 Å². The molecule has 1 aromatic carbocycles. The zero-order valence-corrected chi connectivity index (χ0v) is 13.6. The Bertz CT molecular complexity index is 617. The van der Waals surface area contributed by atoms with Crippen molar-refractivity contribution in [3.63, 3.8) is 0 Å². The van der Waals surface area contributed by atoms with Gasteiger partial charge in [0.2, 0.25) is 11.8 Å². The Kier molecular flexibility index (Phi) is 5.36. The molecule has 2 rings (SSSR count). The van der Waals surface area contributed by atoms with Crippen molar-refractivity contribution >= 4 is 17.5 Å². The van der Waals surface area contributed by atoms with Gasteiger partial charge in [0.25, 0.3) is 0 Å². The number of likely N-dealkylation sites (tertiary alicyclic amines) is 1. The summed E-state index contributed by atoms with van der Waals surface area (Å²) in [5, 5.41) is 2.69. The first-order valence-electron chi connectivity index (χ1n) is 7.54. The van der Waals surface area contributed by atoms with Crippen molar-refractivity contribution in [3.8, 4) is 0 Å². The Balaban J connectivity index is 1.89. The first-order chi connectivity index (χ1) is 11.2. The Labute approximate surface area is 138 Å². The number of nitrogens with one attached hydrogen (secondary N) is 1. The topological polar surface area (TPSA) is 52.7 Å². The summed E-state index contributed by atoms with van der Waals surface area (Å²) < 4.78 is 37.1. The summed E-state index contributed by atoms with van der Waals surface area (Å²) in [6.07, 6.45) is -4.63.